The SMILES string of the molecule is COc1ccccc1N1C(=O)[C@@H]2C3C=CC(c4ccccc4)([C@H]2C1=O)[C@H]1C(=O)N(c2ccccc2OC)C(=O)[C@@H]31. The van der Waals surface area contributed by atoms with Crippen LogP contribution in [0.25, 0.3) is 0 Å². The molecule has 4 amide bonds. The number of carbonyl (C=O) groups excluding carboxylic acids is 4. The highest BCUT2D eigenvalue weighted by Gasteiger charge is 2.75. The van der Waals surface area contributed by atoms with Crippen molar-refractivity contribution in [3.63, 3.8) is 0 Å². The normalized spacial score (nSPS) is 30.1. The van der Waals surface area contributed by atoms with Gasteiger partial charge in [0.05, 0.1) is 49.3 Å². The number of amides is 4. The van der Waals surface area contributed by atoms with Crippen molar-refractivity contribution in [2.24, 2.45) is 29.6 Å². The molecule has 5 aliphatic rings. The van der Waals surface area contributed by atoms with Gasteiger partial charge in [-0.15, -0.1) is 0 Å². The summed E-state index contributed by atoms with van der Waals surface area (Å²) in [6.45, 7) is 0. The number of hydrogen-bond acceptors (Lipinski definition) is 6. The Labute approximate surface area is 230 Å². The smallest absolute Gasteiger partial charge is 0.239 e. The molecule has 6 atom stereocenters. The maximum Gasteiger partial charge on any atom is 0.239 e. The zero-order chi connectivity index (χ0) is 27.8. The van der Waals surface area contributed by atoms with E-state index >= 15 is 0 Å². The van der Waals surface area contributed by atoms with Crippen LogP contribution in [0.1, 0.15) is 5.56 Å². The number of para-hydroxylation sites is 4. The molecule has 8 rings (SSSR count). The Morgan fingerprint density at radius 1 is 0.600 bits per heavy atom. The second kappa shape index (κ2) is 8.64. The molecule has 2 bridgehead atoms. The van der Waals surface area contributed by atoms with Gasteiger partial charge in [-0.05, 0) is 29.8 Å². The van der Waals surface area contributed by atoms with Gasteiger partial charge in [0.2, 0.25) is 23.6 Å². The monoisotopic (exact) mass is 534 g/mol. The van der Waals surface area contributed by atoms with E-state index in [4.69, 9.17) is 9.47 Å². The van der Waals surface area contributed by atoms with Gasteiger partial charge < -0.3 is 9.47 Å². The van der Waals surface area contributed by atoms with E-state index in [1.807, 2.05) is 42.5 Å². The number of anilines is 2. The lowest BCUT2D eigenvalue weighted by Crippen LogP contribution is -2.60. The van der Waals surface area contributed by atoms with Gasteiger partial charge in [-0.2, -0.15) is 0 Å². The molecule has 8 nitrogen and oxygen atoms in total. The highest BCUT2D eigenvalue weighted by molar-refractivity contribution is 6.27. The summed E-state index contributed by atoms with van der Waals surface area (Å²) in [6, 6.07) is 23.1. The third kappa shape index (κ3) is 2.90. The van der Waals surface area contributed by atoms with Crippen molar-refractivity contribution in [1.82, 2.24) is 0 Å². The molecule has 0 N–H and O–H groups in total. The molecule has 40 heavy (non-hydrogen) atoms. The predicted molar refractivity (Wildman–Crippen MR) is 146 cm³/mol. The largest absolute Gasteiger partial charge is 0.495 e. The van der Waals surface area contributed by atoms with Crippen LogP contribution in [0, 0.1) is 29.6 Å². The Morgan fingerprint density at radius 3 is 1.52 bits per heavy atom. The van der Waals surface area contributed by atoms with Crippen molar-refractivity contribution in [2.75, 3.05) is 24.0 Å². The van der Waals surface area contributed by atoms with Gasteiger partial charge in [0.15, 0.2) is 0 Å². The lowest BCUT2D eigenvalue weighted by molar-refractivity contribution is -0.140. The molecular formula is C32H26N2O6. The maximum absolute atomic E-state index is 14.4. The van der Waals surface area contributed by atoms with Crippen molar-refractivity contribution >= 4 is 35.0 Å². The van der Waals surface area contributed by atoms with E-state index in [0.717, 1.165) is 5.56 Å². The van der Waals surface area contributed by atoms with E-state index in [2.05, 4.69) is 0 Å². The van der Waals surface area contributed by atoms with Crippen molar-refractivity contribution < 1.29 is 28.7 Å². The van der Waals surface area contributed by atoms with Crippen molar-refractivity contribution in [2.45, 2.75) is 5.41 Å². The Hall–Kier alpha value is -4.72. The minimum atomic E-state index is -1.20. The van der Waals surface area contributed by atoms with Gasteiger partial charge in [-0.25, -0.2) is 9.80 Å². The fourth-order valence-corrected chi connectivity index (χ4v) is 7.58. The fourth-order valence-electron chi connectivity index (χ4n) is 7.58. The van der Waals surface area contributed by atoms with E-state index in [1.165, 1.54) is 24.0 Å². The summed E-state index contributed by atoms with van der Waals surface area (Å²) >= 11 is 0. The second-order valence-corrected chi connectivity index (χ2v) is 10.6. The molecule has 3 aliphatic carbocycles. The van der Waals surface area contributed by atoms with Gasteiger partial charge in [-0.1, -0.05) is 66.7 Å². The summed E-state index contributed by atoms with van der Waals surface area (Å²) in [7, 11) is 2.98. The Bertz CT molecular complexity index is 1520. The number of methoxy groups -OCH3 is 2. The van der Waals surface area contributed by atoms with Crippen molar-refractivity contribution in [1.29, 1.82) is 0 Å². The number of carbonyl (C=O) groups is 4. The first-order valence-electron chi connectivity index (χ1n) is 13.2. The van der Waals surface area contributed by atoms with Gasteiger partial charge >= 0.3 is 0 Å². The number of allylic oxidation sites excluding steroid dienone is 2. The van der Waals surface area contributed by atoms with Gasteiger partial charge in [-0.3, -0.25) is 19.2 Å². The third-order valence-corrected chi connectivity index (χ3v) is 9.08. The highest BCUT2D eigenvalue weighted by atomic mass is 16.5. The lowest BCUT2D eigenvalue weighted by Gasteiger charge is -2.53. The molecule has 3 aromatic rings. The minimum absolute atomic E-state index is 0.357. The Morgan fingerprint density at radius 2 is 1.05 bits per heavy atom. The molecule has 3 aromatic carbocycles. The molecule has 8 heteroatoms. The second-order valence-electron chi connectivity index (χ2n) is 10.6. The molecule has 3 fully saturated rings. The standard InChI is InChI=1S/C32H26N2O6/c1-39-22-14-8-6-12-20(22)33-28(35)24-19-16-17-32(26(24)30(33)37,18-10-4-3-5-11-18)27-25(19)29(36)34(31(27)38)21-13-7-9-15-23(21)40-2/h3-17,19,24-27H,1-2H3/t19?,24-,25+,26-,27-,32?/m1/s1. The summed E-state index contributed by atoms with van der Waals surface area (Å²) in [4.78, 5) is 59.6. The molecule has 2 saturated heterocycles. The molecule has 0 spiro atoms. The predicted octanol–water partition coefficient (Wildman–Crippen LogP) is 3.75. The molecular weight excluding hydrogens is 508 g/mol. The van der Waals surface area contributed by atoms with Crippen molar-refractivity contribution in [3.8, 4) is 11.5 Å². The summed E-state index contributed by atoms with van der Waals surface area (Å²) in [5.74, 6) is -4.73. The van der Waals surface area contributed by atoms with E-state index in [0.29, 0.717) is 22.9 Å². The van der Waals surface area contributed by atoms with Crippen LogP contribution < -0.4 is 19.3 Å². The Kier molecular flexibility index (Phi) is 5.26. The quantitative estimate of drug-likeness (QED) is 0.366. The van der Waals surface area contributed by atoms with E-state index in [1.54, 1.807) is 48.5 Å². The van der Waals surface area contributed by atoms with E-state index in [-0.39, 0.29) is 11.8 Å². The number of rotatable bonds is 5. The van der Waals surface area contributed by atoms with E-state index < -0.39 is 46.8 Å². The zero-order valence-electron chi connectivity index (χ0n) is 21.9. The summed E-state index contributed by atoms with van der Waals surface area (Å²) in [5.41, 5.74) is 0.240. The van der Waals surface area contributed by atoms with E-state index in [9.17, 15) is 19.2 Å². The number of imide groups is 2. The Balaban J connectivity index is 1.44. The summed E-state index contributed by atoms with van der Waals surface area (Å²) < 4.78 is 11.0. The molecule has 200 valence electrons. The molecule has 1 saturated carbocycles. The zero-order valence-corrected chi connectivity index (χ0v) is 21.9. The molecule has 2 unspecified atom stereocenters. The lowest BCUT2D eigenvalue weighted by atomic mass is 9.45. The maximum atomic E-state index is 14.4. The molecule has 0 radical (unpaired) electrons. The number of nitrogens with zero attached hydrogens (tertiary/aromatic N) is 2. The average molecular weight is 535 g/mol. The van der Waals surface area contributed by atoms with Gasteiger partial charge in [0.25, 0.3) is 0 Å². The molecule has 2 heterocycles. The van der Waals surface area contributed by atoms with Crippen LogP contribution in [0.15, 0.2) is 91.0 Å². The average Bonchev–Trinajstić information content (AvgIpc) is 3.44. The van der Waals surface area contributed by atoms with Gasteiger partial charge in [0, 0.05) is 11.3 Å². The minimum Gasteiger partial charge on any atom is -0.495 e. The van der Waals surface area contributed by atoms with Crippen LogP contribution in [-0.4, -0.2) is 37.8 Å². The van der Waals surface area contributed by atoms with Gasteiger partial charge in [0.1, 0.15) is 11.5 Å². The first-order valence-corrected chi connectivity index (χ1v) is 13.2. The van der Waals surface area contributed by atoms with Crippen LogP contribution in [-0.2, 0) is 24.6 Å². The molecule has 2 aliphatic heterocycles. The van der Waals surface area contributed by atoms with Crippen LogP contribution >= 0.6 is 0 Å². The number of hydrogen-bond donors (Lipinski definition) is 0. The third-order valence-electron chi connectivity index (χ3n) is 9.08. The topological polar surface area (TPSA) is 93.2 Å². The first kappa shape index (κ1) is 24.3. The summed E-state index contributed by atoms with van der Waals surface area (Å²) in [5, 5.41) is 0. The van der Waals surface area contributed by atoms with Crippen LogP contribution in [0.2, 0.25) is 0 Å². The van der Waals surface area contributed by atoms with Crippen LogP contribution in [0.3, 0.4) is 0 Å². The first-order chi connectivity index (χ1) is 19.5. The fraction of sp³-hybridized carbons (Fsp3) is 0.250. The van der Waals surface area contributed by atoms with Crippen LogP contribution in [0.4, 0.5) is 11.4 Å². The number of benzene rings is 3. The van der Waals surface area contributed by atoms with Crippen molar-refractivity contribution in [3.05, 3.63) is 96.6 Å². The number of ether oxygens (including phenoxy) is 2. The summed E-state index contributed by atoms with van der Waals surface area (Å²) in [6.07, 6.45) is 3.78. The highest BCUT2D eigenvalue weighted by Crippen LogP contribution is 2.65. The van der Waals surface area contributed by atoms with Crippen LogP contribution in [0.5, 0.6) is 11.5 Å². The molecule has 0 aromatic heterocycles.